The lowest BCUT2D eigenvalue weighted by atomic mass is 10.0. The number of anilines is 1. The van der Waals surface area contributed by atoms with E-state index in [-0.39, 0.29) is 11.8 Å². The molecule has 162 valence electrons. The quantitative estimate of drug-likeness (QED) is 0.697. The van der Waals surface area contributed by atoms with Crippen LogP contribution >= 0.6 is 0 Å². The third kappa shape index (κ3) is 3.83. The van der Waals surface area contributed by atoms with E-state index < -0.39 is 0 Å². The molecule has 0 aliphatic carbocycles. The van der Waals surface area contributed by atoms with Gasteiger partial charge in [-0.25, -0.2) is 4.90 Å². The summed E-state index contributed by atoms with van der Waals surface area (Å²) in [5.41, 5.74) is 4.36. The minimum Gasteiger partial charge on any atom is -0.494 e. The van der Waals surface area contributed by atoms with E-state index in [9.17, 15) is 9.59 Å². The van der Waals surface area contributed by atoms with Crippen LogP contribution in [-0.2, 0) is 9.59 Å². The number of carbonyl (C=O) groups is 2. The van der Waals surface area contributed by atoms with Crippen LogP contribution in [0.3, 0.4) is 0 Å². The van der Waals surface area contributed by atoms with E-state index in [2.05, 4.69) is 16.8 Å². The second-order valence-electron chi connectivity index (χ2n) is 8.14. The van der Waals surface area contributed by atoms with Crippen LogP contribution in [0, 0.1) is 13.8 Å². The zero-order valence-corrected chi connectivity index (χ0v) is 18.6. The molecule has 0 radical (unpaired) electrons. The van der Waals surface area contributed by atoms with E-state index in [0.29, 0.717) is 36.7 Å². The smallest absolute Gasteiger partial charge is 0.282 e. The van der Waals surface area contributed by atoms with Gasteiger partial charge in [0.2, 0.25) is 0 Å². The lowest BCUT2D eigenvalue weighted by Crippen LogP contribution is -2.46. The SMILES string of the molecule is CCOc1ccc(C2=C(N3CCN(C)CC3)C(=O)N(c3cccc(C)c3C)C2=O)cc1. The number of aryl methyl sites for hydroxylation is 1. The van der Waals surface area contributed by atoms with Gasteiger partial charge in [-0.05, 0) is 62.7 Å². The van der Waals surface area contributed by atoms with Gasteiger partial charge in [-0.1, -0.05) is 24.3 Å². The van der Waals surface area contributed by atoms with E-state index in [1.165, 1.54) is 4.90 Å². The van der Waals surface area contributed by atoms with Gasteiger partial charge in [-0.15, -0.1) is 0 Å². The standard InChI is InChI=1S/C25H29N3O3/c1-5-31-20-11-9-19(10-12-20)22-23(27-15-13-26(4)14-16-27)25(30)28(24(22)29)21-8-6-7-17(2)18(21)3/h6-12H,5,13-16H2,1-4H3. The van der Waals surface area contributed by atoms with Gasteiger partial charge in [-0.2, -0.15) is 0 Å². The molecular formula is C25H29N3O3. The molecule has 2 amide bonds. The molecule has 0 aromatic heterocycles. The summed E-state index contributed by atoms with van der Waals surface area (Å²) in [7, 11) is 2.07. The third-order valence-corrected chi connectivity index (χ3v) is 6.15. The Labute approximate surface area is 183 Å². The molecule has 2 aromatic carbocycles. The number of imide groups is 1. The van der Waals surface area contributed by atoms with Gasteiger partial charge in [0.1, 0.15) is 11.4 Å². The van der Waals surface area contributed by atoms with Gasteiger partial charge in [0.05, 0.1) is 17.9 Å². The fraction of sp³-hybridized carbons (Fsp3) is 0.360. The first-order valence-electron chi connectivity index (χ1n) is 10.8. The summed E-state index contributed by atoms with van der Waals surface area (Å²) >= 11 is 0. The van der Waals surface area contributed by atoms with Crippen molar-refractivity contribution in [1.29, 1.82) is 0 Å². The minimum absolute atomic E-state index is 0.243. The van der Waals surface area contributed by atoms with Crippen LogP contribution in [0.15, 0.2) is 48.2 Å². The van der Waals surface area contributed by atoms with Crippen molar-refractivity contribution in [3.63, 3.8) is 0 Å². The maximum absolute atomic E-state index is 13.7. The van der Waals surface area contributed by atoms with Gasteiger partial charge < -0.3 is 14.5 Å². The lowest BCUT2D eigenvalue weighted by molar-refractivity contribution is -0.120. The van der Waals surface area contributed by atoms with Crippen molar-refractivity contribution in [3.8, 4) is 5.75 Å². The largest absolute Gasteiger partial charge is 0.494 e. The number of piperazine rings is 1. The summed E-state index contributed by atoms with van der Waals surface area (Å²) in [5.74, 6) is 0.236. The van der Waals surface area contributed by atoms with Crippen LogP contribution in [-0.4, -0.2) is 61.4 Å². The summed E-state index contributed by atoms with van der Waals surface area (Å²) in [6.45, 7) is 9.59. The van der Waals surface area contributed by atoms with E-state index in [4.69, 9.17) is 4.74 Å². The van der Waals surface area contributed by atoms with Crippen molar-refractivity contribution in [2.45, 2.75) is 20.8 Å². The normalized spacial score (nSPS) is 17.7. The molecule has 1 fully saturated rings. The summed E-state index contributed by atoms with van der Waals surface area (Å²) in [6, 6.07) is 13.2. The second-order valence-corrected chi connectivity index (χ2v) is 8.14. The van der Waals surface area contributed by atoms with Crippen LogP contribution in [0.4, 0.5) is 5.69 Å². The highest BCUT2D eigenvalue weighted by atomic mass is 16.5. The van der Waals surface area contributed by atoms with Crippen molar-refractivity contribution in [2.75, 3.05) is 44.7 Å². The molecular weight excluding hydrogens is 390 g/mol. The van der Waals surface area contributed by atoms with Crippen molar-refractivity contribution >= 4 is 23.1 Å². The van der Waals surface area contributed by atoms with Gasteiger partial charge in [0.25, 0.3) is 11.8 Å². The lowest BCUT2D eigenvalue weighted by Gasteiger charge is -2.34. The van der Waals surface area contributed by atoms with Crippen LogP contribution < -0.4 is 9.64 Å². The number of benzene rings is 2. The fourth-order valence-electron chi connectivity index (χ4n) is 4.18. The Morgan fingerprint density at radius 2 is 1.58 bits per heavy atom. The molecule has 6 nitrogen and oxygen atoms in total. The predicted octanol–water partition coefficient (Wildman–Crippen LogP) is 3.23. The monoisotopic (exact) mass is 419 g/mol. The first-order chi connectivity index (χ1) is 14.9. The highest BCUT2D eigenvalue weighted by Gasteiger charge is 2.43. The number of amides is 2. The Morgan fingerprint density at radius 3 is 2.23 bits per heavy atom. The predicted molar refractivity (Wildman–Crippen MR) is 122 cm³/mol. The molecule has 0 bridgehead atoms. The molecule has 1 saturated heterocycles. The average molecular weight is 420 g/mol. The van der Waals surface area contributed by atoms with E-state index in [1.54, 1.807) is 0 Å². The summed E-state index contributed by atoms with van der Waals surface area (Å²) in [4.78, 5) is 33.0. The number of ether oxygens (including phenoxy) is 1. The Bertz CT molecular complexity index is 1030. The molecule has 4 rings (SSSR count). The highest BCUT2D eigenvalue weighted by Crippen LogP contribution is 2.37. The topological polar surface area (TPSA) is 53.1 Å². The van der Waals surface area contributed by atoms with Crippen molar-refractivity contribution in [3.05, 3.63) is 64.9 Å². The van der Waals surface area contributed by atoms with E-state index in [0.717, 1.165) is 35.5 Å². The Kier molecular flexibility index (Phi) is 5.83. The first-order valence-corrected chi connectivity index (χ1v) is 10.8. The fourth-order valence-corrected chi connectivity index (χ4v) is 4.18. The molecule has 0 unspecified atom stereocenters. The summed E-state index contributed by atoms with van der Waals surface area (Å²) in [6.07, 6.45) is 0. The summed E-state index contributed by atoms with van der Waals surface area (Å²) < 4.78 is 5.55. The molecule has 0 atom stereocenters. The van der Waals surface area contributed by atoms with Crippen LogP contribution in [0.2, 0.25) is 0 Å². The average Bonchev–Trinajstić information content (AvgIpc) is 3.02. The maximum atomic E-state index is 13.7. The van der Waals surface area contributed by atoms with Crippen LogP contribution in [0.5, 0.6) is 5.75 Å². The molecule has 2 aliphatic rings. The number of hydrogen-bond donors (Lipinski definition) is 0. The van der Waals surface area contributed by atoms with E-state index >= 15 is 0 Å². The van der Waals surface area contributed by atoms with Gasteiger partial charge >= 0.3 is 0 Å². The van der Waals surface area contributed by atoms with Gasteiger partial charge in [0.15, 0.2) is 0 Å². The Hall–Kier alpha value is -3.12. The van der Waals surface area contributed by atoms with Crippen molar-refractivity contribution in [2.24, 2.45) is 0 Å². The maximum Gasteiger partial charge on any atom is 0.282 e. The van der Waals surface area contributed by atoms with Crippen LogP contribution in [0.25, 0.3) is 5.57 Å². The van der Waals surface area contributed by atoms with Gasteiger partial charge in [0, 0.05) is 26.2 Å². The molecule has 2 aliphatic heterocycles. The molecule has 2 heterocycles. The first kappa shape index (κ1) is 21.1. The Morgan fingerprint density at radius 1 is 0.903 bits per heavy atom. The second kappa shape index (κ2) is 8.55. The van der Waals surface area contributed by atoms with Crippen molar-refractivity contribution in [1.82, 2.24) is 9.80 Å². The molecule has 2 aromatic rings. The zero-order valence-electron chi connectivity index (χ0n) is 18.6. The zero-order chi connectivity index (χ0) is 22.1. The molecule has 0 saturated carbocycles. The van der Waals surface area contributed by atoms with Crippen molar-refractivity contribution < 1.29 is 14.3 Å². The minimum atomic E-state index is -0.267. The van der Waals surface area contributed by atoms with Gasteiger partial charge in [-0.3, -0.25) is 9.59 Å². The number of nitrogens with zero attached hydrogens (tertiary/aromatic N) is 3. The van der Waals surface area contributed by atoms with Crippen LogP contribution in [0.1, 0.15) is 23.6 Å². The number of rotatable bonds is 5. The number of hydrogen-bond acceptors (Lipinski definition) is 5. The number of carbonyl (C=O) groups excluding carboxylic acids is 2. The number of likely N-dealkylation sites (N-methyl/N-ethyl adjacent to an activating group) is 1. The molecule has 31 heavy (non-hydrogen) atoms. The Balaban J connectivity index is 1.80. The highest BCUT2D eigenvalue weighted by molar-refractivity contribution is 6.45. The summed E-state index contributed by atoms with van der Waals surface area (Å²) in [5, 5.41) is 0. The van der Waals surface area contributed by atoms with E-state index in [1.807, 2.05) is 63.2 Å². The molecule has 6 heteroatoms. The molecule has 0 N–H and O–H groups in total. The third-order valence-electron chi connectivity index (χ3n) is 6.15. The molecule has 0 spiro atoms.